The van der Waals surface area contributed by atoms with Crippen LogP contribution in [0.15, 0.2) is 42.7 Å². The number of aromatic nitrogens is 1. The third-order valence-electron chi connectivity index (χ3n) is 3.18. The van der Waals surface area contributed by atoms with E-state index in [9.17, 15) is 23.6 Å². The zero-order valence-corrected chi connectivity index (χ0v) is 12.7. The Kier molecular flexibility index (Phi) is 5.41. The highest BCUT2D eigenvalue weighted by molar-refractivity contribution is 5.91. The van der Waals surface area contributed by atoms with Crippen molar-refractivity contribution in [2.24, 2.45) is 0 Å². The van der Waals surface area contributed by atoms with E-state index < -0.39 is 36.2 Å². The first kappa shape index (κ1) is 17.3. The van der Waals surface area contributed by atoms with Gasteiger partial charge in [-0.25, -0.2) is 13.6 Å². The number of nitrogens with one attached hydrogen (secondary N) is 1. The van der Waals surface area contributed by atoms with E-state index in [2.05, 4.69) is 5.32 Å². The molecule has 0 fully saturated rings. The summed E-state index contributed by atoms with van der Waals surface area (Å²) in [5.41, 5.74) is 0.228. The number of amides is 1. The Morgan fingerprint density at radius 2 is 1.92 bits per heavy atom. The van der Waals surface area contributed by atoms with Crippen LogP contribution in [0.5, 0.6) is 0 Å². The van der Waals surface area contributed by atoms with Gasteiger partial charge in [0.25, 0.3) is 5.91 Å². The molecule has 0 spiro atoms. The second-order valence-corrected chi connectivity index (χ2v) is 4.98. The predicted molar refractivity (Wildman–Crippen MR) is 78.6 cm³/mol. The van der Waals surface area contributed by atoms with E-state index in [0.29, 0.717) is 4.73 Å². The molecule has 1 aromatic heterocycles. The number of hydrogen-bond donors (Lipinski definition) is 1. The second kappa shape index (κ2) is 7.49. The van der Waals surface area contributed by atoms with Gasteiger partial charge in [-0.1, -0.05) is 6.07 Å². The highest BCUT2D eigenvalue weighted by Gasteiger charge is 2.16. The van der Waals surface area contributed by atoms with E-state index in [0.717, 1.165) is 24.5 Å². The van der Waals surface area contributed by atoms with Gasteiger partial charge in [0.15, 0.2) is 19.0 Å². The van der Waals surface area contributed by atoms with Crippen LogP contribution in [0.3, 0.4) is 0 Å². The van der Waals surface area contributed by atoms with Crippen molar-refractivity contribution in [3.05, 3.63) is 70.7 Å². The van der Waals surface area contributed by atoms with Gasteiger partial charge in [0.2, 0.25) is 0 Å². The summed E-state index contributed by atoms with van der Waals surface area (Å²) in [5.74, 6) is -2.92. The van der Waals surface area contributed by atoms with E-state index in [4.69, 9.17) is 4.74 Å². The van der Waals surface area contributed by atoms with Crippen LogP contribution >= 0.6 is 0 Å². The molecule has 1 amide bonds. The summed E-state index contributed by atoms with van der Waals surface area (Å²) in [6.07, 6.45) is 2.24. The summed E-state index contributed by atoms with van der Waals surface area (Å²) in [6.45, 7) is 0.943. The van der Waals surface area contributed by atoms with Gasteiger partial charge in [0.1, 0.15) is 11.6 Å². The predicted octanol–water partition coefficient (Wildman–Crippen LogP) is 1.63. The molecule has 0 aliphatic heterocycles. The van der Waals surface area contributed by atoms with Crippen LogP contribution in [-0.4, -0.2) is 18.5 Å². The van der Waals surface area contributed by atoms with E-state index in [1.807, 2.05) is 0 Å². The standard InChI is InChI=1S/C16H14F2N2O4/c1-10(13-3-2-12(17)8-14(13)18)19-15(21)9-24-16(22)11-4-6-20(23)7-5-11/h2-8,10H,9H2,1H3,(H,19,21)/t10-/m0/s1. The number of pyridine rings is 1. The molecule has 1 aromatic carbocycles. The van der Waals surface area contributed by atoms with Gasteiger partial charge in [-0.05, 0) is 13.0 Å². The van der Waals surface area contributed by atoms with Crippen molar-refractivity contribution in [3.8, 4) is 0 Å². The minimum Gasteiger partial charge on any atom is -0.619 e. The third-order valence-corrected chi connectivity index (χ3v) is 3.18. The molecule has 8 heteroatoms. The van der Waals surface area contributed by atoms with Gasteiger partial charge in [0.05, 0.1) is 11.6 Å². The number of benzene rings is 1. The molecule has 0 aliphatic carbocycles. The average Bonchev–Trinajstić information content (AvgIpc) is 2.53. The average molecular weight is 336 g/mol. The van der Waals surface area contributed by atoms with Crippen LogP contribution < -0.4 is 10.0 Å². The van der Waals surface area contributed by atoms with Gasteiger partial charge in [0, 0.05) is 23.8 Å². The van der Waals surface area contributed by atoms with E-state index in [1.54, 1.807) is 0 Å². The van der Waals surface area contributed by atoms with E-state index in [1.165, 1.54) is 25.1 Å². The summed E-state index contributed by atoms with van der Waals surface area (Å²) in [6, 6.07) is 4.80. The largest absolute Gasteiger partial charge is 0.619 e. The zero-order chi connectivity index (χ0) is 17.7. The maximum absolute atomic E-state index is 13.6. The molecule has 0 saturated carbocycles. The second-order valence-electron chi connectivity index (χ2n) is 4.98. The van der Waals surface area contributed by atoms with Crippen molar-refractivity contribution in [2.45, 2.75) is 13.0 Å². The topological polar surface area (TPSA) is 82.3 Å². The molecule has 0 aliphatic rings. The smallest absolute Gasteiger partial charge is 0.339 e. The van der Waals surface area contributed by atoms with Crippen molar-refractivity contribution in [3.63, 3.8) is 0 Å². The molecule has 0 saturated heterocycles. The van der Waals surface area contributed by atoms with Crippen LogP contribution in [0.1, 0.15) is 28.9 Å². The first-order valence-electron chi connectivity index (χ1n) is 6.97. The number of hydrogen-bond acceptors (Lipinski definition) is 4. The van der Waals surface area contributed by atoms with Crippen molar-refractivity contribution in [1.29, 1.82) is 0 Å². The summed E-state index contributed by atoms with van der Waals surface area (Å²) < 4.78 is 31.8. The van der Waals surface area contributed by atoms with Crippen molar-refractivity contribution < 1.29 is 27.8 Å². The van der Waals surface area contributed by atoms with Crippen LogP contribution in [-0.2, 0) is 9.53 Å². The summed E-state index contributed by atoms with van der Waals surface area (Å²) in [7, 11) is 0. The number of ether oxygens (including phenoxy) is 1. The molecule has 1 heterocycles. The van der Waals surface area contributed by atoms with Crippen LogP contribution in [0.4, 0.5) is 8.78 Å². The normalized spacial score (nSPS) is 11.6. The van der Waals surface area contributed by atoms with Crippen LogP contribution in [0.25, 0.3) is 0 Å². The lowest BCUT2D eigenvalue weighted by Crippen LogP contribution is -2.31. The highest BCUT2D eigenvalue weighted by atomic mass is 19.1. The van der Waals surface area contributed by atoms with E-state index >= 15 is 0 Å². The molecule has 2 rings (SSSR count). The minimum atomic E-state index is -0.782. The maximum Gasteiger partial charge on any atom is 0.339 e. The molecule has 1 atom stereocenters. The van der Waals surface area contributed by atoms with Crippen molar-refractivity contribution >= 4 is 11.9 Å². The fourth-order valence-corrected chi connectivity index (χ4v) is 1.98. The summed E-state index contributed by atoms with van der Waals surface area (Å²) in [5, 5.41) is 13.3. The van der Waals surface area contributed by atoms with E-state index in [-0.39, 0.29) is 11.1 Å². The van der Waals surface area contributed by atoms with Crippen LogP contribution in [0.2, 0.25) is 0 Å². The molecule has 126 valence electrons. The Balaban J connectivity index is 1.88. The molecule has 24 heavy (non-hydrogen) atoms. The van der Waals surface area contributed by atoms with Crippen molar-refractivity contribution in [2.75, 3.05) is 6.61 Å². The lowest BCUT2D eigenvalue weighted by atomic mass is 10.1. The third kappa shape index (κ3) is 4.48. The monoisotopic (exact) mass is 336 g/mol. The van der Waals surface area contributed by atoms with Gasteiger partial charge >= 0.3 is 5.97 Å². The fraction of sp³-hybridized carbons (Fsp3) is 0.188. The number of halogens is 2. The summed E-state index contributed by atoms with van der Waals surface area (Å²) in [4.78, 5) is 23.4. The lowest BCUT2D eigenvalue weighted by molar-refractivity contribution is -0.605. The summed E-state index contributed by atoms with van der Waals surface area (Å²) >= 11 is 0. The molecule has 0 radical (unpaired) electrons. The quantitative estimate of drug-likeness (QED) is 0.511. The minimum absolute atomic E-state index is 0.110. The highest BCUT2D eigenvalue weighted by Crippen LogP contribution is 2.17. The number of carbonyl (C=O) groups excluding carboxylic acids is 2. The molecule has 1 N–H and O–H groups in total. The molecule has 0 bridgehead atoms. The van der Waals surface area contributed by atoms with Crippen LogP contribution in [0, 0.1) is 16.8 Å². The number of esters is 1. The van der Waals surface area contributed by atoms with Gasteiger partial charge < -0.3 is 15.3 Å². The Labute approximate surface area is 136 Å². The Morgan fingerprint density at radius 3 is 2.54 bits per heavy atom. The molecule has 0 unspecified atom stereocenters. The Morgan fingerprint density at radius 1 is 1.25 bits per heavy atom. The van der Waals surface area contributed by atoms with Gasteiger partial charge in [-0.15, -0.1) is 0 Å². The molecular weight excluding hydrogens is 322 g/mol. The first-order chi connectivity index (χ1) is 11.4. The van der Waals surface area contributed by atoms with Crippen molar-refractivity contribution in [1.82, 2.24) is 5.32 Å². The maximum atomic E-state index is 13.6. The Hall–Kier alpha value is -3.03. The zero-order valence-electron chi connectivity index (χ0n) is 12.7. The van der Waals surface area contributed by atoms with Gasteiger partial charge in [-0.3, -0.25) is 4.79 Å². The van der Waals surface area contributed by atoms with Gasteiger partial charge in [-0.2, -0.15) is 4.73 Å². The number of rotatable bonds is 5. The first-order valence-corrected chi connectivity index (χ1v) is 6.97. The SMILES string of the molecule is C[C@H](NC(=O)COC(=O)c1cc[n+]([O-])cc1)c1ccc(F)cc1F. The Bertz CT molecular complexity index is 750. The molecular formula is C16H14F2N2O4. The molecule has 6 nitrogen and oxygen atoms in total. The molecule has 2 aromatic rings. The number of carbonyl (C=O) groups is 2. The lowest BCUT2D eigenvalue weighted by Gasteiger charge is -2.15. The number of nitrogens with zero attached hydrogens (tertiary/aromatic N) is 1. The fourth-order valence-electron chi connectivity index (χ4n) is 1.98.